The van der Waals surface area contributed by atoms with E-state index in [1.54, 1.807) is 5.32 Å². The topological polar surface area (TPSA) is 212 Å². The van der Waals surface area contributed by atoms with Crippen molar-refractivity contribution >= 4 is 28.8 Å². The largest absolute Gasteiger partial charge is 0.359 e. The lowest BCUT2D eigenvalue weighted by Crippen LogP contribution is -2.21. The van der Waals surface area contributed by atoms with E-state index in [2.05, 4.69) is 4.98 Å². The third-order valence-electron chi connectivity index (χ3n) is 2.72. The van der Waals surface area contributed by atoms with Crippen LogP contribution in [0.3, 0.4) is 0 Å². The lowest BCUT2D eigenvalue weighted by Gasteiger charge is -2.10. The summed E-state index contributed by atoms with van der Waals surface area (Å²) in [6, 6.07) is -0.946. The number of hydrogen-bond acceptors (Lipinski definition) is 9. The number of nitrogens with zero attached hydrogens (tertiary/aromatic N) is 5. The zero-order valence-electron chi connectivity index (χ0n) is 11.9. The van der Waals surface area contributed by atoms with Gasteiger partial charge in [-0.15, -0.1) is 0 Å². The van der Waals surface area contributed by atoms with Gasteiger partial charge in [-0.3, -0.25) is 35.7 Å². The van der Waals surface area contributed by atoms with Gasteiger partial charge in [0.15, 0.2) is 0 Å². The van der Waals surface area contributed by atoms with Gasteiger partial charge in [-0.05, 0) is 0 Å². The molecule has 0 saturated carbocycles. The Bertz CT molecular complexity index is 878. The molecule has 130 valence electrons. The van der Waals surface area contributed by atoms with Crippen LogP contribution in [0.25, 0.3) is 0 Å². The van der Waals surface area contributed by atoms with E-state index in [1.807, 2.05) is 0 Å². The van der Waals surface area contributed by atoms with E-state index in [4.69, 9.17) is 10.6 Å². The van der Waals surface area contributed by atoms with Crippen LogP contribution >= 0.6 is 0 Å². The summed E-state index contributed by atoms with van der Waals surface area (Å²) < 4.78 is 0.787. The molecule has 1 aromatic carbocycles. The number of urea groups is 1. The van der Waals surface area contributed by atoms with Crippen molar-refractivity contribution in [1.82, 2.24) is 9.71 Å². The molecule has 15 nitrogen and oxygen atoms in total. The fourth-order valence-corrected chi connectivity index (χ4v) is 1.82. The molecule has 0 spiro atoms. The van der Waals surface area contributed by atoms with Crippen LogP contribution in [0.1, 0.15) is 0 Å². The molecule has 0 radical (unpaired) electrons. The molecule has 0 aliphatic rings. The minimum Gasteiger partial charge on any atom is -0.359 e. The quantitative estimate of drug-likeness (QED) is 0.557. The molecule has 1 heterocycles. The zero-order valence-corrected chi connectivity index (χ0v) is 11.9. The molecule has 15 heteroatoms. The number of amides is 2. The highest BCUT2D eigenvalue weighted by Crippen LogP contribution is 2.47. The SMILES string of the molecule is NC(=O)Nc1c([N+](=O)[O-])cc([N+](=O)[O-])c(On2ccnc2)c1[N+](=O)[O-]. The van der Waals surface area contributed by atoms with Gasteiger partial charge in [0.05, 0.1) is 21.0 Å². The number of benzene rings is 1. The Morgan fingerprint density at radius 3 is 2.24 bits per heavy atom. The van der Waals surface area contributed by atoms with Gasteiger partial charge in [-0.2, -0.15) is 4.73 Å². The maximum Gasteiger partial charge on any atom is 0.352 e. The number of nitrogens with two attached hydrogens (primary N) is 1. The number of carbonyl (C=O) groups excluding carboxylic acids is 1. The first kappa shape index (κ1) is 17.1. The predicted octanol–water partition coefficient (Wildman–Crippen LogP) is 0.940. The van der Waals surface area contributed by atoms with E-state index in [1.165, 1.54) is 6.20 Å². The van der Waals surface area contributed by atoms with Crippen molar-refractivity contribution in [3.05, 3.63) is 55.1 Å². The van der Waals surface area contributed by atoms with Crippen molar-refractivity contribution < 1.29 is 24.4 Å². The standard InChI is InChI=1S/C10H7N7O8/c11-10(18)13-7-5(15(19)20)3-6(16(21)22)9(8(7)17(23)24)25-14-2-1-12-4-14/h1-4H,(H3,11,13,18). The predicted molar refractivity (Wildman–Crippen MR) is 77.9 cm³/mol. The second-order valence-electron chi connectivity index (χ2n) is 4.24. The van der Waals surface area contributed by atoms with E-state index in [0.29, 0.717) is 6.07 Å². The number of nitro benzene ring substituents is 3. The highest BCUT2D eigenvalue weighted by atomic mass is 16.7. The van der Waals surface area contributed by atoms with Crippen molar-refractivity contribution in [2.24, 2.45) is 5.73 Å². The van der Waals surface area contributed by atoms with Gasteiger partial charge in [0.25, 0.3) is 0 Å². The van der Waals surface area contributed by atoms with Crippen LogP contribution < -0.4 is 15.9 Å². The molecule has 25 heavy (non-hydrogen) atoms. The average Bonchev–Trinajstić information content (AvgIpc) is 2.98. The summed E-state index contributed by atoms with van der Waals surface area (Å²) in [7, 11) is 0. The van der Waals surface area contributed by atoms with Crippen molar-refractivity contribution in [2.45, 2.75) is 0 Å². The maximum absolute atomic E-state index is 11.4. The van der Waals surface area contributed by atoms with E-state index in [9.17, 15) is 35.1 Å². The molecule has 2 amide bonds. The summed E-state index contributed by atoms with van der Waals surface area (Å²) in [5.41, 5.74) is 0.522. The molecule has 0 aliphatic heterocycles. The molecule has 2 aromatic rings. The molecule has 0 bridgehead atoms. The minimum atomic E-state index is -1.35. The van der Waals surface area contributed by atoms with Gasteiger partial charge in [0, 0.05) is 6.20 Å². The Balaban J connectivity index is 2.85. The normalized spacial score (nSPS) is 10.1. The highest BCUT2D eigenvalue weighted by molar-refractivity contribution is 5.96. The zero-order chi connectivity index (χ0) is 18.7. The number of carbonyl (C=O) groups is 1. The first-order chi connectivity index (χ1) is 11.7. The summed E-state index contributed by atoms with van der Waals surface area (Å²) in [6.45, 7) is 0. The average molecular weight is 353 g/mol. The van der Waals surface area contributed by atoms with E-state index >= 15 is 0 Å². The van der Waals surface area contributed by atoms with Gasteiger partial charge in [-0.25, -0.2) is 9.78 Å². The van der Waals surface area contributed by atoms with Crippen LogP contribution in [0.2, 0.25) is 0 Å². The van der Waals surface area contributed by atoms with Gasteiger partial charge < -0.3 is 10.6 Å². The summed E-state index contributed by atoms with van der Waals surface area (Å²) >= 11 is 0. The third kappa shape index (κ3) is 3.38. The maximum atomic E-state index is 11.4. The second-order valence-corrected chi connectivity index (χ2v) is 4.24. The lowest BCUT2D eigenvalue weighted by molar-refractivity contribution is -0.403. The molecule has 3 N–H and O–H groups in total. The van der Waals surface area contributed by atoms with Crippen LogP contribution in [-0.4, -0.2) is 30.5 Å². The number of nitrogens with one attached hydrogen (secondary N) is 1. The molecule has 0 aliphatic carbocycles. The monoisotopic (exact) mass is 353 g/mol. The molecule has 0 saturated heterocycles. The van der Waals surface area contributed by atoms with Gasteiger partial charge in [-0.1, -0.05) is 0 Å². The number of aromatic nitrogens is 2. The number of anilines is 1. The van der Waals surface area contributed by atoms with Crippen molar-refractivity contribution in [3.63, 3.8) is 0 Å². The third-order valence-corrected chi connectivity index (χ3v) is 2.72. The summed E-state index contributed by atoms with van der Waals surface area (Å²) in [5.74, 6) is -0.956. The summed E-state index contributed by atoms with van der Waals surface area (Å²) in [6.07, 6.45) is 3.40. The van der Waals surface area contributed by atoms with Gasteiger partial charge in [0.1, 0.15) is 12.4 Å². The number of primary amides is 1. The molecular weight excluding hydrogens is 346 g/mol. The van der Waals surface area contributed by atoms with Crippen LogP contribution in [0, 0.1) is 30.3 Å². The van der Waals surface area contributed by atoms with E-state index in [0.717, 1.165) is 17.3 Å². The fraction of sp³-hybridized carbons (Fsp3) is 0. The Hall–Kier alpha value is -4.30. The number of hydrogen-bond donors (Lipinski definition) is 2. The first-order valence-corrected chi connectivity index (χ1v) is 6.09. The van der Waals surface area contributed by atoms with Gasteiger partial charge >= 0.3 is 28.8 Å². The van der Waals surface area contributed by atoms with Crippen molar-refractivity contribution in [2.75, 3.05) is 5.32 Å². The number of rotatable bonds is 6. The van der Waals surface area contributed by atoms with Crippen molar-refractivity contribution in [3.8, 4) is 5.75 Å². The summed E-state index contributed by atoms with van der Waals surface area (Å²) in [4.78, 5) is 49.8. The van der Waals surface area contributed by atoms with Crippen LogP contribution in [-0.2, 0) is 0 Å². The molecular formula is C10H7N7O8. The Labute approximate surface area is 136 Å². The van der Waals surface area contributed by atoms with E-state index < -0.39 is 49.3 Å². The smallest absolute Gasteiger partial charge is 0.352 e. The summed E-state index contributed by atoms with van der Waals surface area (Å²) in [5, 5.41) is 35.4. The number of nitro groups is 3. The van der Waals surface area contributed by atoms with E-state index in [-0.39, 0.29) is 0 Å². The molecule has 1 aromatic heterocycles. The Morgan fingerprint density at radius 1 is 1.16 bits per heavy atom. The first-order valence-electron chi connectivity index (χ1n) is 6.09. The van der Waals surface area contributed by atoms with Crippen molar-refractivity contribution in [1.29, 1.82) is 0 Å². The van der Waals surface area contributed by atoms with Gasteiger partial charge in [0.2, 0.25) is 5.69 Å². The number of imidazole rings is 1. The van der Waals surface area contributed by atoms with Crippen LogP contribution in [0.5, 0.6) is 5.75 Å². The Morgan fingerprint density at radius 2 is 1.80 bits per heavy atom. The minimum absolute atomic E-state index is 0.407. The molecule has 2 rings (SSSR count). The molecule has 0 fully saturated rings. The van der Waals surface area contributed by atoms with Crippen LogP contribution in [0.4, 0.5) is 27.5 Å². The highest BCUT2D eigenvalue weighted by Gasteiger charge is 2.39. The molecule has 0 unspecified atom stereocenters. The lowest BCUT2D eigenvalue weighted by atomic mass is 10.2. The fourth-order valence-electron chi connectivity index (χ4n) is 1.82. The molecule has 0 atom stereocenters. The van der Waals surface area contributed by atoms with Crippen LogP contribution in [0.15, 0.2) is 24.8 Å². The Kier molecular flexibility index (Phi) is 4.40. The second kappa shape index (κ2) is 6.44.